The molecule has 0 unspecified atom stereocenters. The summed E-state index contributed by atoms with van der Waals surface area (Å²) in [5.41, 5.74) is 1.45. The molecule has 0 spiro atoms. The van der Waals surface area contributed by atoms with Gasteiger partial charge in [-0.1, -0.05) is 25.0 Å². The lowest BCUT2D eigenvalue weighted by Crippen LogP contribution is -2.21. The largest absolute Gasteiger partial charge is 0.356 e. The minimum absolute atomic E-state index is 0.204. The highest BCUT2D eigenvalue weighted by Crippen LogP contribution is 2.13. The molecule has 0 aromatic heterocycles. The molecule has 0 aromatic rings. The number of rotatable bonds is 2. The second kappa shape index (κ2) is 4.96. The van der Waals surface area contributed by atoms with E-state index in [0.29, 0.717) is 6.42 Å². The first-order chi connectivity index (χ1) is 5.83. The summed E-state index contributed by atoms with van der Waals surface area (Å²) in [5, 5.41) is 2.87. The molecule has 1 heterocycles. The molecule has 12 heavy (non-hydrogen) atoms. The van der Waals surface area contributed by atoms with Crippen LogP contribution in [-0.2, 0) is 4.79 Å². The summed E-state index contributed by atoms with van der Waals surface area (Å²) in [5.74, 6) is 0.204. The quantitative estimate of drug-likeness (QED) is 0.626. The van der Waals surface area contributed by atoms with Crippen LogP contribution in [0.1, 0.15) is 39.0 Å². The summed E-state index contributed by atoms with van der Waals surface area (Å²) in [4.78, 5) is 11.0. The highest BCUT2D eigenvalue weighted by Gasteiger charge is 2.08. The molecule has 0 atom stereocenters. The summed E-state index contributed by atoms with van der Waals surface area (Å²) in [6.45, 7) is 3.01. The Morgan fingerprint density at radius 3 is 3.00 bits per heavy atom. The number of amides is 1. The van der Waals surface area contributed by atoms with Gasteiger partial charge >= 0.3 is 0 Å². The van der Waals surface area contributed by atoms with Gasteiger partial charge in [-0.25, -0.2) is 0 Å². The molecule has 1 N–H and O–H groups in total. The third-order valence-electron chi connectivity index (χ3n) is 2.16. The van der Waals surface area contributed by atoms with E-state index in [1.807, 2.05) is 0 Å². The SMILES string of the molecule is CCCC=C1CCNC(=O)CC1. The number of unbranched alkanes of at least 4 members (excludes halogenated alkanes) is 1. The lowest BCUT2D eigenvalue weighted by molar-refractivity contribution is -0.120. The molecule has 2 nitrogen and oxygen atoms in total. The first-order valence-electron chi connectivity index (χ1n) is 4.77. The van der Waals surface area contributed by atoms with Crippen LogP contribution in [0.15, 0.2) is 11.6 Å². The van der Waals surface area contributed by atoms with Crippen molar-refractivity contribution in [3.8, 4) is 0 Å². The smallest absolute Gasteiger partial charge is 0.220 e. The molecule has 0 aliphatic carbocycles. The number of nitrogens with one attached hydrogen (secondary N) is 1. The standard InChI is InChI=1S/C10H17NO/c1-2-3-4-9-5-6-10(12)11-8-7-9/h4H,2-3,5-8H2,1H3,(H,11,12). The Bertz CT molecular complexity index is 184. The van der Waals surface area contributed by atoms with Gasteiger partial charge in [0.1, 0.15) is 0 Å². The molecular formula is C10H17NO. The number of hydrogen-bond donors (Lipinski definition) is 1. The average molecular weight is 167 g/mol. The van der Waals surface area contributed by atoms with Crippen molar-refractivity contribution in [2.24, 2.45) is 0 Å². The van der Waals surface area contributed by atoms with Gasteiger partial charge in [-0.15, -0.1) is 0 Å². The Labute approximate surface area is 74.0 Å². The fourth-order valence-corrected chi connectivity index (χ4v) is 1.40. The summed E-state index contributed by atoms with van der Waals surface area (Å²) in [7, 11) is 0. The zero-order valence-electron chi connectivity index (χ0n) is 7.73. The molecule has 0 aromatic carbocycles. The topological polar surface area (TPSA) is 29.1 Å². The molecule has 1 aliphatic rings. The molecule has 1 fully saturated rings. The normalized spacial score (nSPS) is 22.1. The summed E-state index contributed by atoms with van der Waals surface area (Å²) >= 11 is 0. The molecule has 2 heteroatoms. The van der Waals surface area contributed by atoms with E-state index < -0.39 is 0 Å². The van der Waals surface area contributed by atoms with Gasteiger partial charge in [0.15, 0.2) is 0 Å². The zero-order chi connectivity index (χ0) is 8.81. The van der Waals surface area contributed by atoms with E-state index in [4.69, 9.17) is 0 Å². The minimum atomic E-state index is 0.204. The monoisotopic (exact) mass is 167 g/mol. The number of carbonyl (C=O) groups excluding carboxylic acids is 1. The molecule has 1 saturated heterocycles. The van der Waals surface area contributed by atoms with Crippen LogP contribution < -0.4 is 5.32 Å². The Hall–Kier alpha value is -0.790. The van der Waals surface area contributed by atoms with Crippen molar-refractivity contribution in [3.63, 3.8) is 0 Å². The third kappa shape index (κ3) is 3.07. The van der Waals surface area contributed by atoms with Crippen LogP contribution in [0, 0.1) is 0 Å². The van der Waals surface area contributed by atoms with Crippen molar-refractivity contribution in [2.45, 2.75) is 39.0 Å². The van der Waals surface area contributed by atoms with Gasteiger partial charge < -0.3 is 5.32 Å². The van der Waals surface area contributed by atoms with E-state index in [1.165, 1.54) is 12.0 Å². The summed E-state index contributed by atoms with van der Waals surface area (Å²) in [6, 6.07) is 0. The lowest BCUT2D eigenvalue weighted by Gasteiger charge is -1.99. The first kappa shape index (κ1) is 9.30. The fraction of sp³-hybridized carbons (Fsp3) is 0.700. The Kier molecular flexibility index (Phi) is 3.85. The maximum atomic E-state index is 11.0. The second-order valence-corrected chi connectivity index (χ2v) is 3.25. The van der Waals surface area contributed by atoms with Crippen LogP contribution in [0.5, 0.6) is 0 Å². The van der Waals surface area contributed by atoms with Crippen LogP contribution >= 0.6 is 0 Å². The number of allylic oxidation sites excluding steroid dienone is 1. The van der Waals surface area contributed by atoms with Crippen LogP contribution in [0.2, 0.25) is 0 Å². The average Bonchev–Trinajstić information content (AvgIpc) is 2.27. The van der Waals surface area contributed by atoms with E-state index in [9.17, 15) is 4.79 Å². The van der Waals surface area contributed by atoms with Gasteiger partial charge in [0.05, 0.1) is 0 Å². The highest BCUT2D eigenvalue weighted by molar-refractivity contribution is 5.76. The summed E-state index contributed by atoms with van der Waals surface area (Å²) < 4.78 is 0. The minimum Gasteiger partial charge on any atom is -0.356 e. The molecule has 0 bridgehead atoms. The van der Waals surface area contributed by atoms with E-state index in [2.05, 4.69) is 18.3 Å². The van der Waals surface area contributed by atoms with Crippen molar-refractivity contribution in [2.75, 3.05) is 6.54 Å². The maximum Gasteiger partial charge on any atom is 0.220 e. The molecule has 0 radical (unpaired) electrons. The Morgan fingerprint density at radius 1 is 1.42 bits per heavy atom. The van der Waals surface area contributed by atoms with E-state index in [1.54, 1.807) is 0 Å². The van der Waals surface area contributed by atoms with Gasteiger partial charge in [-0.2, -0.15) is 0 Å². The fourth-order valence-electron chi connectivity index (χ4n) is 1.40. The van der Waals surface area contributed by atoms with Gasteiger partial charge in [0, 0.05) is 13.0 Å². The molecular weight excluding hydrogens is 150 g/mol. The number of carbonyl (C=O) groups is 1. The van der Waals surface area contributed by atoms with E-state index in [0.717, 1.165) is 25.8 Å². The van der Waals surface area contributed by atoms with Gasteiger partial charge in [-0.3, -0.25) is 4.79 Å². The van der Waals surface area contributed by atoms with Crippen molar-refractivity contribution in [1.82, 2.24) is 5.32 Å². The Balaban J connectivity index is 2.40. The van der Waals surface area contributed by atoms with Gasteiger partial charge in [0.2, 0.25) is 5.91 Å². The predicted molar refractivity (Wildman–Crippen MR) is 49.9 cm³/mol. The highest BCUT2D eigenvalue weighted by atomic mass is 16.1. The lowest BCUT2D eigenvalue weighted by atomic mass is 10.1. The summed E-state index contributed by atoms with van der Waals surface area (Å²) in [6.07, 6.45) is 7.34. The van der Waals surface area contributed by atoms with Crippen molar-refractivity contribution >= 4 is 5.91 Å². The van der Waals surface area contributed by atoms with E-state index >= 15 is 0 Å². The van der Waals surface area contributed by atoms with Gasteiger partial charge in [-0.05, 0) is 19.3 Å². The molecule has 1 rings (SSSR count). The van der Waals surface area contributed by atoms with Crippen LogP contribution in [0.4, 0.5) is 0 Å². The Morgan fingerprint density at radius 2 is 2.25 bits per heavy atom. The molecule has 1 aliphatic heterocycles. The zero-order valence-corrected chi connectivity index (χ0v) is 7.73. The van der Waals surface area contributed by atoms with Crippen molar-refractivity contribution in [3.05, 3.63) is 11.6 Å². The van der Waals surface area contributed by atoms with Crippen LogP contribution in [-0.4, -0.2) is 12.5 Å². The van der Waals surface area contributed by atoms with Crippen molar-refractivity contribution < 1.29 is 4.79 Å². The van der Waals surface area contributed by atoms with E-state index in [-0.39, 0.29) is 5.91 Å². The molecule has 1 amide bonds. The molecule has 0 saturated carbocycles. The van der Waals surface area contributed by atoms with Crippen molar-refractivity contribution in [1.29, 1.82) is 0 Å². The van der Waals surface area contributed by atoms with Crippen LogP contribution in [0.25, 0.3) is 0 Å². The predicted octanol–water partition coefficient (Wildman–Crippen LogP) is 2.01. The van der Waals surface area contributed by atoms with Crippen LogP contribution in [0.3, 0.4) is 0 Å². The third-order valence-corrected chi connectivity index (χ3v) is 2.16. The molecule has 68 valence electrons. The number of hydrogen-bond acceptors (Lipinski definition) is 1. The van der Waals surface area contributed by atoms with Gasteiger partial charge in [0.25, 0.3) is 0 Å². The second-order valence-electron chi connectivity index (χ2n) is 3.25. The first-order valence-corrected chi connectivity index (χ1v) is 4.77. The maximum absolute atomic E-state index is 11.0.